The van der Waals surface area contributed by atoms with E-state index < -0.39 is 4.92 Å². The first kappa shape index (κ1) is 12.8. The van der Waals surface area contributed by atoms with Crippen molar-refractivity contribution in [2.45, 2.75) is 12.5 Å². The van der Waals surface area contributed by atoms with Gasteiger partial charge < -0.3 is 10.6 Å². The second kappa shape index (κ2) is 5.77. The van der Waals surface area contributed by atoms with Crippen LogP contribution in [0.5, 0.6) is 0 Å². The van der Waals surface area contributed by atoms with Gasteiger partial charge in [-0.3, -0.25) is 14.5 Å². The van der Waals surface area contributed by atoms with Crippen molar-refractivity contribution < 1.29 is 9.31 Å². The highest BCUT2D eigenvalue weighted by Gasteiger charge is 2.24. The number of nitrogens with zero attached hydrogens (tertiary/aromatic N) is 1. The molecule has 0 spiro atoms. The van der Waals surface area contributed by atoms with Crippen molar-refractivity contribution in [3.05, 3.63) is 34.4 Å². The van der Waals surface area contributed by atoms with Gasteiger partial charge in [0.15, 0.2) is 0 Å². The van der Waals surface area contributed by atoms with Gasteiger partial charge in [0, 0.05) is 36.3 Å². The zero-order valence-corrected chi connectivity index (χ0v) is 9.93. The number of non-ortho nitro benzene ring substituents is 1. The van der Waals surface area contributed by atoms with Gasteiger partial charge in [-0.05, 0) is 25.1 Å². The highest BCUT2D eigenvalue weighted by molar-refractivity contribution is 5.49. The molecule has 6 heteroatoms. The molecule has 2 N–H and O–H groups in total. The van der Waals surface area contributed by atoms with Gasteiger partial charge in [0.25, 0.3) is 5.69 Å². The molecule has 0 amide bonds. The van der Waals surface area contributed by atoms with Gasteiger partial charge in [-0.2, -0.15) is 0 Å². The van der Waals surface area contributed by atoms with E-state index in [1.165, 1.54) is 12.1 Å². The fourth-order valence-corrected chi connectivity index (χ4v) is 2.17. The molecule has 98 valence electrons. The number of rotatable bonds is 4. The summed E-state index contributed by atoms with van der Waals surface area (Å²) in [6, 6.07) is 6.31. The standard InChI is InChI=1S/C12H16FN3O2/c13-7-9-8-14-6-5-12(9)15-10-1-3-11(4-2-10)16(17)18/h1-4,9,12,14-15H,5-8H2. The SMILES string of the molecule is O=[N+]([O-])c1ccc(NC2CCNCC2CF)cc1. The van der Waals surface area contributed by atoms with Gasteiger partial charge in [0.1, 0.15) is 0 Å². The van der Waals surface area contributed by atoms with E-state index in [0.29, 0.717) is 6.54 Å². The monoisotopic (exact) mass is 253 g/mol. The van der Waals surface area contributed by atoms with Crippen LogP contribution in [0.1, 0.15) is 6.42 Å². The van der Waals surface area contributed by atoms with Gasteiger partial charge in [0.2, 0.25) is 0 Å². The van der Waals surface area contributed by atoms with Gasteiger partial charge in [-0.1, -0.05) is 0 Å². The Hall–Kier alpha value is -1.69. The van der Waals surface area contributed by atoms with E-state index in [2.05, 4.69) is 10.6 Å². The third-order valence-corrected chi connectivity index (χ3v) is 3.24. The molecule has 2 rings (SSSR count). The fourth-order valence-electron chi connectivity index (χ4n) is 2.17. The van der Waals surface area contributed by atoms with Crippen molar-refractivity contribution >= 4 is 11.4 Å². The predicted molar refractivity (Wildman–Crippen MR) is 67.5 cm³/mol. The second-order valence-electron chi connectivity index (χ2n) is 4.46. The molecule has 1 saturated heterocycles. The van der Waals surface area contributed by atoms with Crippen LogP contribution in [0.2, 0.25) is 0 Å². The van der Waals surface area contributed by atoms with E-state index in [-0.39, 0.29) is 24.3 Å². The van der Waals surface area contributed by atoms with Crippen molar-refractivity contribution in [3.63, 3.8) is 0 Å². The molecule has 1 heterocycles. The number of nitro benzene ring substituents is 1. The van der Waals surface area contributed by atoms with Crippen LogP contribution < -0.4 is 10.6 Å². The van der Waals surface area contributed by atoms with Crippen LogP contribution in [0.4, 0.5) is 15.8 Å². The van der Waals surface area contributed by atoms with Crippen LogP contribution >= 0.6 is 0 Å². The number of alkyl halides is 1. The van der Waals surface area contributed by atoms with E-state index in [0.717, 1.165) is 18.7 Å². The Morgan fingerprint density at radius 1 is 1.44 bits per heavy atom. The molecule has 0 saturated carbocycles. The zero-order valence-electron chi connectivity index (χ0n) is 9.93. The summed E-state index contributed by atoms with van der Waals surface area (Å²) in [5, 5.41) is 16.9. The van der Waals surface area contributed by atoms with Crippen LogP contribution in [0.25, 0.3) is 0 Å². The molecule has 0 aliphatic carbocycles. The maximum Gasteiger partial charge on any atom is 0.269 e. The molecule has 2 atom stereocenters. The minimum Gasteiger partial charge on any atom is -0.382 e. The van der Waals surface area contributed by atoms with Crippen LogP contribution in [-0.4, -0.2) is 30.7 Å². The Labute approximate surface area is 105 Å². The molecule has 0 bridgehead atoms. The summed E-state index contributed by atoms with van der Waals surface area (Å²) in [6.45, 7) is 1.17. The molecule has 0 aromatic heterocycles. The van der Waals surface area contributed by atoms with E-state index in [4.69, 9.17) is 0 Å². The van der Waals surface area contributed by atoms with Crippen LogP contribution in [0.3, 0.4) is 0 Å². The lowest BCUT2D eigenvalue weighted by molar-refractivity contribution is -0.384. The Morgan fingerprint density at radius 3 is 2.78 bits per heavy atom. The summed E-state index contributed by atoms with van der Waals surface area (Å²) in [4.78, 5) is 10.1. The number of anilines is 1. The predicted octanol–water partition coefficient (Wildman–Crippen LogP) is 1.95. The first-order chi connectivity index (χ1) is 8.70. The third kappa shape index (κ3) is 2.95. The molecule has 2 unspecified atom stereocenters. The maximum absolute atomic E-state index is 12.8. The lowest BCUT2D eigenvalue weighted by Crippen LogP contribution is -2.44. The highest BCUT2D eigenvalue weighted by atomic mass is 19.1. The Bertz CT molecular complexity index is 410. The summed E-state index contributed by atoms with van der Waals surface area (Å²) >= 11 is 0. The van der Waals surface area contributed by atoms with E-state index in [9.17, 15) is 14.5 Å². The first-order valence-corrected chi connectivity index (χ1v) is 5.98. The quantitative estimate of drug-likeness (QED) is 0.635. The molecule has 18 heavy (non-hydrogen) atoms. The van der Waals surface area contributed by atoms with Gasteiger partial charge in [-0.25, -0.2) is 0 Å². The lowest BCUT2D eigenvalue weighted by atomic mass is 9.94. The van der Waals surface area contributed by atoms with E-state index >= 15 is 0 Å². The van der Waals surface area contributed by atoms with Gasteiger partial charge in [-0.15, -0.1) is 0 Å². The minimum absolute atomic E-state index is 0.0473. The molecule has 1 aliphatic rings. The average Bonchev–Trinajstić information content (AvgIpc) is 2.40. The Balaban J connectivity index is 2.01. The number of nitro groups is 1. The number of hydrogen-bond donors (Lipinski definition) is 2. The molecular formula is C12H16FN3O2. The molecular weight excluding hydrogens is 237 g/mol. The summed E-state index contributed by atoms with van der Waals surface area (Å²) in [5.74, 6) is -0.0473. The van der Waals surface area contributed by atoms with Crippen molar-refractivity contribution in [1.29, 1.82) is 0 Å². The molecule has 1 aliphatic heterocycles. The number of piperidine rings is 1. The van der Waals surface area contributed by atoms with E-state index in [1.807, 2.05) is 0 Å². The topological polar surface area (TPSA) is 67.2 Å². The minimum atomic E-state index is -0.432. The Kier molecular flexibility index (Phi) is 4.09. The molecule has 1 aromatic carbocycles. The van der Waals surface area contributed by atoms with Crippen molar-refractivity contribution in [2.75, 3.05) is 25.1 Å². The molecule has 0 radical (unpaired) electrons. The van der Waals surface area contributed by atoms with Crippen LogP contribution in [0.15, 0.2) is 24.3 Å². The second-order valence-corrected chi connectivity index (χ2v) is 4.46. The number of benzene rings is 1. The smallest absolute Gasteiger partial charge is 0.269 e. The third-order valence-electron chi connectivity index (χ3n) is 3.24. The molecule has 1 aromatic rings. The zero-order chi connectivity index (χ0) is 13.0. The fraction of sp³-hybridized carbons (Fsp3) is 0.500. The van der Waals surface area contributed by atoms with Gasteiger partial charge in [0.05, 0.1) is 11.6 Å². The van der Waals surface area contributed by atoms with Crippen molar-refractivity contribution in [3.8, 4) is 0 Å². The largest absolute Gasteiger partial charge is 0.382 e. The average molecular weight is 253 g/mol. The lowest BCUT2D eigenvalue weighted by Gasteiger charge is -2.31. The molecule has 5 nitrogen and oxygen atoms in total. The normalized spacial score (nSPS) is 23.6. The van der Waals surface area contributed by atoms with Gasteiger partial charge >= 0.3 is 0 Å². The van der Waals surface area contributed by atoms with E-state index in [1.54, 1.807) is 12.1 Å². The summed E-state index contributed by atoms with van der Waals surface area (Å²) in [6.07, 6.45) is 0.853. The number of hydrogen-bond acceptors (Lipinski definition) is 4. The number of halogens is 1. The summed E-state index contributed by atoms with van der Waals surface area (Å²) < 4.78 is 12.8. The Morgan fingerprint density at radius 2 is 2.17 bits per heavy atom. The van der Waals surface area contributed by atoms with Crippen LogP contribution in [-0.2, 0) is 0 Å². The maximum atomic E-state index is 12.8. The summed E-state index contributed by atoms with van der Waals surface area (Å²) in [7, 11) is 0. The van der Waals surface area contributed by atoms with Crippen LogP contribution in [0, 0.1) is 16.0 Å². The number of nitrogens with one attached hydrogen (secondary N) is 2. The molecule has 1 fully saturated rings. The first-order valence-electron chi connectivity index (χ1n) is 5.98. The highest BCUT2D eigenvalue weighted by Crippen LogP contribution is 2.20. The summed E-state index contributed by atoms with van der Waals surface area (Å²) in [5.41, 5.74) is 0.860. The van der Waals surface area contributed by atoms with Crippen molar-refractivity contribution in [2.24, 2.45) is 5.92 Å². The van der Waals surface area contributed by atoms with Crippen molar-refractivity contribution in [1.82, 2.24) is 5.32 Å².